The first-order chi connectivity index (χ1) is 10.6. The maximum absolute atomic E-state index is 10.9. The predicted octanol–water partition coefficient (Wildman–Crippen LogP) is 3.68. The maximum Gasteiger partial charge on any atom is 0.278 e. The fraction of sp³-hybridized carbons (Fsp3) is 0. The Morgan fingerprint density at radius 3 is 2.77 bits per heavy atom. The predicted molar refractivity (Wildman–Crippen MR) is 94.2 cm³/mol. The van der Waals surface area contributed by atoms with Gasteiger partial charge >= 0.3 is 0 Å². The summed E-state index contributed by atoms with van der Waals surface area (Å²) in [4.78, 5) is 10.4. The van der Waals surface area contributed by atoms with Gasteiger partial charge in [-0.1, -0.05) is 34.1 Å². The van der Waals surface area contributed by atoms with E-state index in [-0.39, 0.29) is 10.8 Å². The van der Waals surface area contributed by atoms with Crippen LogP contribution < -0.4 is 10.7 Å². The number of benzene rings is 2. The summed E-state index contributed by atoms with van der Waals surface area (Å²) in [5.41, 5.74) is 3.79. The quantitative estimate of drug-likeness (QED) is 0.367. The highest BCUT2D eigenvalue weighted by atomic mass is 79.9. The van der Waals surface area contributed by atoms with Crippen LogP contribution in [0.2, 0.25) is 0 Å². The number of nitrogens with one attached hydrogen (secondary N) is 2. The molecule has 2 N–H and O–H groups in total. The van der Waals surface area contributed by atoms with Crippen molar-refractivity contribution in [2.45, 2.75) is 0 Å². The Labute approximate surface area is 140 Å². The number of para-hydroxylation sites is 1. The fourth-order valence-corrected chi connectivity index (χ4v) is 2.22. The average molecular weight is 379 g/mol. The molecular weight excluding hydrogens is 368 g/mol. The lowest BCUT2D eigenvalue weighted by atomic mass is 10.2. The Morgan fingerprint density at radius 2 is 2.05 bits per heavy atom. The Balaban J connectivity index is 1.98. The van der Waals surface area contributed by atoms with Crippen molar-refractivity contribution < 1.29 is 4.92 Å². The molecule has 0 heterocycles. The fourth-order valence-electron chi connectivity index (χ4n) is 1.65. The van der Waals surface area contributed by atoms with E-state index in [1.165, 1.54) is 12.3 Å². The smallest absolute Gasteiger partial charge is 0.278 e. The lowest BCUT2D eigenvalue weighted by molar-refractivity contribution is -0.385. The van der Waals surface area contributed by atoms with Crippen molar-refractivity contribution in [2.24, 2.45) is 5.10 Å². The molecule has 0 atom stereocenters. The summed E-state index contributed by atoms with van der Waals surface area (Å²) < 4.78 is 0.920. The van der Waals surface area contributed by atoms with Crippen molar-refractivity contribution in [1.29, 1.82) is 0 Å². The number of nitro groups is 1. The minimum Gasteiger partial charge on any atom is -0.331 e. The second kappa shape index (κ2) is 7.62. The molecule has 0 aromatic heterocycles. The highest BCUT2D eigenvalue weighted by molar-refractivity contribution is 9.10. The first-order valence-corrected chi connectivity index (χ1v) is 7.35. The molecule has 0 aliphatic rings. The summed E-state index contributed by atoms with van der Waals surface area (Å²) in [6.45, 7) is 0. The third-order valence-corrected chi connectivity index (χ3v) is 3.27. The number of hydrogen-bond acceptors (Lipinski definition) is 4. The van der Waals surface area contributed by atoms with Crippen LogP contribution in [0.1, 0.15) is 5.56 Å². The minimum absolute atomic E-state index is 0.0149. The molecule has 0 spiro atoms. The van der Waals surface area contributed by atoms with E-state index in [0.717, 1.165) is 10.2 Å². The minimum atomic E-state index is -0.459. The molecule has 0 fully saturated rings. The first kappa shape index (κ1) is 16.1. The van der Waals surface area contributed by atoms with Gasteiger partial charge in [0.1, 0.15) is 0 Å². The monoisotopic (exact) mass is 378 g/mol. The van der Waals surface area contributed by atoms with Gasteiger partial charge in [0.25, 0.3) is 5.69 Å². The Hall–Kier alpha value is -2.32. The summed E-state index contributed by atoms with van der Waals surface area (Å²) in [6, 6.07) is 13.8. The summed E-state index contributed by atoms with van der Waals surface area (Å²) in [5, 5.41) is 18.0. The van der Waals surface area contributed by atoms with Crippen LogP contribution >= 0.6 is 28.1 Å². The summed E-state index contributed by atoms with van der Waals surface area (Å²) >= 11 is 8.45. The Bertz CT molecular complexity index is 736. The second-order valence-electron chi connectivity index (χ2n) is 4.15. The molecule has 2 aromatic carbocycles. The molecule has 2 aromatic rings. The molecule has 2 rings (SSSR count). The van der Waals surface area contributed by atoms with Gasteiger partial charge in [0.15, 0.2) is 5.11 Å². The molecule has 8 heteroatoms. The van der Waals surface area contributed by atoms with Crippen LogP contribution in [-0.4, -0.2) is 16.3 Å². The first-order valence-electron chi connectivity index (χ1n) is 6.15. The van der Waals surface area contributed by atoms with Crippen LogP contribution in [0.25, 0.3) is 0 Å². The number of anilines is 1. The van der Waals surface area contributed by atoms with Crippen molar-refractivity contribution in [2.75, 3.05) is 5.32 Å². The van der Waals surface area contributed by atoms with Crippen molar-refractivity contribution in [3.05, 3.63) is 68.7 Å². The Morgan fingerprint density at radius 1 is 1.27 bits per heavy atom. The standard InChI is InChI=1S/C14H11BrN4O2S/c15-11-5-3-6-12(8-11)17-14(22)18-16-9-10-4-1-2-7-13(10)19(20)21/h1-9H,(H2,17,18,22)/b16-9-. The third kappa shape index (κ3) is 4.61. The van der Waals surface area contributed by atoms with Gasteiger partial charge < -0.3 is 5.32 Å². The van der Waals surface area contributed by atoms with Gasteiger partial charge in [-0.05, 0) is 36.5 Å². The molecule has 0 radical (unpaired) electrons. The van der Waals surface area contributed by atoms with E-state index < -0.39 is 4.92 Å². The van der Waals surface area contributed by atoms with Gasteiger partial charge in [-0.15, -0.1) is 0 Å². The van der Waals surface area contributed by atoms with E-state index in [1.807, 2.05) is 24.3 Å². The van der Waals surface area contributed by atoms with E-state index in [9.17, 15) is 10.1 Å². The molecule has 0 saturated carbocycles. The molecule has 0 amide bonds. The summed E-state index contributed by atoms with van der Waals surface area (Å²) in [7, 11) is 0. The molecule has 0 bridgehead atoms. The number of nitro benzene ring substituents is 1. The molecule has 0 aliphatic heterocycles. The van der Waals surface area contributed by atoms with Crippen LogP contribution in [-0.2, 0) is 0 Å². The van der Waals surface area contributed by atoms with Crippen LogP contribution in [0.15, 0.2) is 58.1 Å². The zero-order valence-electron chi connectivity index (χ0n) is 11.2. The maximum atomic E-state index is 10.9. The highest BCUT2D eigenvalue weighted by Gasteiger charge is 2.09. The van der Waals surface area contributed by atoms with Gasteiger partial charge in [-0.2, -0.15) is 5.10 Å². The van der Waals surface area contributed by atoms with Gasteiger partial charge in [-0.25, -0.2) is 0 Å². The van der Waals surface area contributed by atoms with E-state index in [4.69, 9.17) is 12.2 Å². The van der Waals surface area contributed by atoms with Gasteiger partial charge in [0, 0.05) is 16.2 Å². The lowest BCUT2D eigenvalue weighted by Gasteiger charge is -2.06. The number of thiocarbonyl (C=S) groups is 1. The third-order valence-electron chi connectivity index (χ3n) is 2.59. The van der Waals surface area contributed by atoms with Crippen LogP contribution in [0.4, 0.5) is 11.4 Å². The average Bonchev–Trinajstić information content (AvgIpc) is 2.47. The lowest BCUT2D eigenvalue weighted by Crippen LogP contribution is -2.23. The van der Waals surface area contributed by atoms with Crippen LogP contribution in [0.3, 0.4) is 0 Å². The molecule has 22 heavy (non-hydrogen) atoms. The topological polar surface area (TPSA) is 79.6 Å². The SMILES string of the molecule is O=[N+]([O-])c1ccccc1/C=N\NC(=S)Nc1cccc(Br)c1. The van der Waals surface area contributed by atoms with Crippen molar-refractivity contribution >= 4 is 50.8 Å². The highest BCUT2D eigenvalue weighted by Crippen LogP contribution is 2.16. The molecule has 112 valence electrons. The van der Waals surface area contributed by atoms with Gasteiger partial charge in [0.2, 0.25) is 0 Å². The molecule has 0 saturated heterocycles. The molecule has 0 unspecified atom stereocenters. The number of rotatable bonds is 4. The van der Waals surface area contributed by atoms with Crippen molar-refractivity contribution in [3.8, 4) is 0 Å². The van der Waals surface area contributed by atoms with Crippen molar-refractivity contribution in [3.63, 3.8) is 0 Å². The van der Waals surface area contributed by atoms with Gasteiger partial charge in [0.05, 0.1) is 16.7 Å². The molecule has 0 aliphatic carbocycles. The van der Waals surface area contributed by atoms with Gasteiger partial charge in [-0.3, -0.25) is 15.5 Å². The second-order valence-corrected chi connectivity index (χ2v) is 5.47. The number of nitrogens with zero attached hydrogens (tertiary/aromatic N) is 2. The largest absolute Gasteiger partial charge is 0.331 e. The number of halogens is 1. The summed E-state index contributed by atoms with van der Waals surface area (Å²) in [5.74, 6) is 0. The van der Waals surface area contributed by atoms with Crippen molar-refractivity contribution in [1.82, 2.24) is 5.43 Å². The Kier molecular flexibility index (Phi) is 5.56. The van der Waals surface area contributed by atoms with E-state index in [0.29, 0.717) is 5.56 Å². The molecular formula is C14H11BrN4O2S. The number of hydrogen-bond donors (Lipinski definition) is 2. The van der Waals surface area contributed by atoms with Crippen LogP contribution in [0, 0.1) is 10.1 Å². The van der Waals surface area contributed by atoms with Crippen LogP contribution in [0.5, 0.6) is 0 Å². The zero-order chi connectivity index (χ0) is 15.9. The van der Waals surface area contributed by atoms with E-state index >= 15 is 0 Å². The molecule has 6 nitrogen and oxygen atoms in total. The zero-order valence-corrected chi connectivity index (χ0v) is 13.6. The van der Waals surface area contributed by atoms with E-state index in [1.54, 1.807) is 18.2 Å². The number of hydrazone groups is 1. The van der Waals surface area contributed by atoms with E-state index in [2.05, 4.69) is 31.8 Å². The normalized spacial score (nSPS) is 10.4. The summed E-state index contributed by atoms with van der Waals surface area (Å²) in [6.07, 6.45) is 1.35.